The van der Waals surface area contributed by atoms with Crippen molar-refractivity contribution in [2.75, 3.05) is 0 Å². The van der Waals surface area contributed by atoms with Gasteiger partial charge in [0.2, 0.25) is 0 Å². The SMILES string of the molecule is Cc1cccc(-c2nc(Cl)c3c(Cl)ccc(C)c3n2)c1. The van der Waals surface area contributed by atoms with Crippen LogP contribution in [0.2, 0.25) is 10.2 Å². The molecule has 3 aromatic rings. The third-order valence-electron chi connectivity index (χ3n) is 3.23. The van der Waals surface area contributed by atoms with E-state index in [1.54, 1.807) is 0 Å². The second-order valence-corrected chi connectivity index (χ2v) is 5.56. The number of halogens is 2. The van der Waals surface area contributed by atoms with Crippen molar-refractivity contribution in [1.29, 1.82) is 0 Å². The molecule has 0 fully saturated rings. The highest BCUT2D eigenvalue weighted by Gasteiger charge is 2.12. The topological polar surface area (TPSA) is 25.8 Å². The maximum atomic E-state index is 6.29. The average molecular weight is 303 g/mol. The molecule has 20 heavy (non-hydrogen) atoms. The molecular formula is C16H12Cl2N2. The van der Waals surface area contributed by atoms with E-state index in [-0.39, 0.29) is 0 Å². The molecule has 0 bridgehead atoms. The lowest BCUT2D eigenvalue weighted by Crippen LogP contribution is -1.94. The van der Waals surface area contributed by atoms with Crippen LogP contribution in [0.25, 0.3) is 22.3 Å². The van der Waals surface area contributed by atoms with Gasteiger partial charge in [-0.25, -0.2) is 9.97 Å². The van der Waals surface area contributed by atoms with E-state index in [0.29, 0.717) is 21.4 Å². The molecule has 1 aromatic heterocycles. The zero-order valence-electron chi connectivity index (χ0n) is 11.1. The van der Waals surface area contributed by atoms with E-state index >= 15 is 0 Å². The number of benzene rings is 2. The minimum absolute atomic E-state index is 0.389. The summed E-state index contributed by atoms with van der Waals surface area (Å²) in [6.07, 6.45) is 0. The second kappa shape index (κ2) is 5.04. The number of aryl methyl sites for hydroxylation is 2. The Morgan fingerprint density at radius 3 is 2.50 bits per heavy atom. The smallest absolute Gasteiger partial charge is 0.161 e. The second-order valence-electron chi connectivity index (χ2n) is 4.80. The molecule has 3 rings (SSSR count). The van der Waals surface area contributed by atoms with Crippen LogP contribution in [-0.4, -0.2) is 9.97 Å². The molecule has 0 aliphatic rings. The minimum Gasteiger partial charge on any atom is -0.228 e. The molecular weight excluding hydrogens is 291 g/mol. The first-order valence-electron chi connectivity index (χ1n) is 6.25. The lowest BCUT2D eigenvalue weighted by Gasteiger charge is -2.08. The third-order valence-corrected chi connectivity index (χ3v) is 3.82. The van der Waals surface area contributed by atoms with Crippen molar-refractivity contribution in [1.82, 2.24) is 9.97 Å². The number of fused-ring (bicyclic) bond motifs is 1. The highest BCUT2D eigenvalue weighted by molar-refractivity contribution is 6.41. The van der Waals surface area contributed by atoms with Crippen molar-refractivity contribution in [3.63, 3.8) is 0 Å². The van der Waals surface area contributed by atoms with Crippen LogP contribution in [0, 0.1) is 13.8 Å². The van der Waals surface area contributed by atoms with E-state index in [0.717, 1.165) is 22.2 Å². The zero-order valence-corrected chi connectivity index (χ0v) is 12.6. The zero-order chi connectivity index (χ0) is 14.3. The van der Waals surface area contributed by atoms with Gasteiger partial charge in [-0.2, -0.15) is 0 Å². The summed E-state index contributed by atoms with van der Waals surface area (Å²) in [5.74, 6) is 0.622. The molecule has 0 aliphatic carbocycles. The van der Waals surface area contributed by atoms with Crippen molar-refractivity contribution in [2.24, 2.45) is 0 Å². The number of aromatic nitrogens is 2. The van der Waals surface area contributed by atoms with Crippen LogP contribution in [0.15, 0.2) is 36.4 Å². The monoisotopic (exact) mass is 302 g/mol. The molecule has 0 spiro atoms. The van der Waals surface area contributed by atoms with Crippen molar-refractivity contribution < 1.29 is 0 Å². The molecule has 0 N–H and O–H groups in total. The molecule has 0 atom stereocenters. The summed E-state index contributed by atoms with van der Waals surface area (Å²) >= 11 is 12.5. The molecule has 0 unspecified atom stereocenters. The van der Waals surface area contributed by atoms with Crippen LogP contribution >= 0.6 is 23.2 Å². The normalized spacial score (nSPS) is 11.0. The fourth-order valence-corrected chi connectivity index (χ4v) is 2.77. The third kappa shape index (κ3) is 2.26. The van der Waals surface area contributed by atoms with Crippen LogP contribution < -0.4 is 0 Å². The summed E-state index contributed by atoms with van der Waals surface area (Å²) in [5, 5.41) is 1.68. The first-order chi connectivity index (χ1) is 9.56. The summed E-state index contributed by atoms with van der Waals surface area (Å²) in [5.41, 5.74) is 3.94. The fraction of sp³-hybridized carbons (Fsp3) is 0.125. The van der Waals surface area contributed by atoms with Gasteiger partial charge < -0.3 is 0 Å². The van der Waals surface area contributed by atoms with Gasteiger partial charge in [0.05, 0.1) is 15.9 Å². The molecule has 100 valence electrons. The van der Waals surface area contributed by atoms with Gasteiger partial charge in [0.15, 0.2) is 5.82 Å². The van der Waals surface area contributed by atoms with Crippen molar-refractivity contribution in [3.05, 3.63) is 57.7 Å². The highest BCUT2D eigenvalue weighted by Crippen LogP contribution is 2.32. The molecule has 0 radical (unpaired) electrons. The maximum Gasteiger partial charge on any atom is 0.161 e. The Kier molecular flexibility index (Phi) is 3.36. The van der Waals surface area contributed by atoms with Crippen LogP contribution in [0.5, 0.6) is 0 Å². The average Bonchev–Trinajstić information content (AvgIpc) is 2.42. The van der Waals surface area contributed by atoms with Crippen LogP contribution in [0.3, 0.4) is 0 Å². The lowest BCUT2D eigenvalue weighted by molar-refractivity contribution is 1.21. The Labute approximate surface area is 127 Å². The molecule has 0 amide bonds. The van der Waals surface area contributed by atoms with Gasteiger partial charge in [0, 0.05) is 5.56 Å². The molecule has 4 heteroatoms. The van der Waals surface area contributed by atoms with Crippen LogP contribution in [0.1, 0.15) is 11.1 Å². The van der Waals surface area contributed by atoms with Crippen LogP contribution in [-0.2, 0) is 0 Å². The first kappa shape index (κ1) is 13.3. The summed E-state index contributed by atoms with van der Waals surface area (Å²) in [7, 11) is 0. The minimum atomic E-state index is 0.389. The summed E-state index contributed by atoms with van der Waals surface area (Å²) in [4.78, 5) is 9.01. The van der Waals surface area contributed by atoms with Crippen molar-refractivity contribution >= 4 is 34.1 Å². The van der Waals surface area contributed by atoms with Gasteiger partial charge in [-0.15, -0.1) is 0 Å². The predicted octanol–water partition coefficient (Wildman–Crippen LogP) is 5.22. The Bertz CT molecular complexity index is 813. The quantitative estimate of drug-likeness (QED) is 0.576. The molecule has 0 saturated heterocycles. The summed E-state index contributed by atoms with van der Waals surface area (Å²) < 4.78 is 0. The number of hydrogen-bond donors (Lipinski definition) is 0. The number of hydrogen-bond acceptors (Lipinski definition) is 2. The largest absolute Gasteiger partial charge is 0.228 e. The molecule has 0 aliphatic heterocycles. The predicted molar refractivity (Wildman–Crippen MR) is 84.5 cm³/mol. The first-order valence-corrected chi connectivity index (χ1v) is 7.01. The Balaban J connectivity index is 2.32. The summed E-state index contributed by atoms with van der Waals surface area (Å²) in [6, 6.07) is 11.8. The maximum absolute atomic E-state index is 6.29. The molecule has 2 nitrogen and oxygen atoms in total. The van der Waals surface area contributed by atoms with Gasteiger partial charge in [0.25, 0.3) is 0 Å². The summed E-state index contributed by atoms with van der Waals surface area (Å²) in [6.45, 7) is 4.02. The molecule has 1 heterocycles. The van der Waals surface area contributed by atoms with Gasteiger partial charge in [-0.3, -0.25) is 0 Å². The van der Waals surface area contributed by atoms with E-state index in [1.807, 2.05) is 50.2 Å². The number of rotatable bonds is 1. The Hall–Kier alpha value is -1.64. The van der Waals surface area contributed by atoms with Crippen molar-refractivity contribution in [3.8, 4) is 11.4 Å². The van der Waals surface area contributed by atoms with E-state index in [2.05, 4.69) is 9.97 Å². The van der Waals surface area contributed by atoms with E-state index in [1.165, 1.54) is 0 Å². The van der Waals surface area contributed by atoms with E-state index in [4.69, 9.17) is 23.2 Å². The van der Waals surface area contributed by atoms with Gasteiger partial charge in [0.1, 0.15) is 5.15 Å². The van der Waals surface area contributed by atoms with Crippen molar-refractivity contribution in [2.45, 2.75) is 13.8 Å². The molecule has 2 aromatic carbocycles. The van der Waals surface area contributed by atoms with Gasteiger partial charge in [-0.05, 0) is 31.5 Å². The molecule has 0 saturated carbocycles. The Morgan fingerprint density at radius 1 is 0.950 bits per heavy atom. The Morgan fingerprint density at radius 2 is 1.75 bits per heavy atom. The van der Waals surface area contributed by atoms with E-state index in [9.17, 15) is 0 Å². The lowest BCUT2D eigenvalue weighted by atomic mass is 10.1. The van der Waals surface area contributed by atoms with E-state index < -0.39 is 0 Å². The number of nitrogens with zero attached hydrogens (tertiary/aromatic N) is 2. The fourth-order valence-electron chi connectivity index (χ4n) is 2.20. The highest BCUT2D eigenvalue weighted by atomic mass is 35.5. The van der Waals surface area contributed by atoms with Gasteiger partial charge in [-0.1, -0.05) is 53.0 Å². The van der Waals surface area contributed by atoms with Gasteiger partial charge >= 0.3 is 0 Å². The standard InChI is InChI=1S/C16H12Cl2N2/c1-9-4-3-5-11(8-9)16-19-14-10(2)6-7-12(17)13(14)15(18)20-16/h3-8H,1-2H3. The van der Waals surface area contributed by atoms with Crippen LogP contribution in [0.4, 0.5) is 0 Å².